The van der Waals surface area contributed by atoms with Crippen LogP contribution < -0.4 is 0 Å². The third-order valence-corrected chi connectivity index (χ3v) is 5.12. The van der Waals surface area contributed by atoms with Crippen molar-refractivity contribution in [2.45, 2.75) is 32.1 Å². The van der Waals surface area contributed by atoms with E-state index in [1.54, 1.807) is 11.3 Å². The summed E-state index contributed by atoms with van der Waals surface area (Å²) in [6.07, 6.45) is 3.20. The molecular weight excluding hydrogens is 330 g/mol. The first-order valence-electron chi connectivity index (χ1n) is 5.83. The molecule has 3 rings (SSSR count). The largest absolute Gasteiger partial charge is 0.346 e. The van der Waals surface area contributed by atoms with Gasteiger partial charge in [0.25, 0.3) is 0 Å². The van der Waals surface area contributed by atoms with Gasteiger partial charge in [-0.15, -0.1) is 11.3 Å². The molecule has 1 aliphatic carbocycles. The van der Waals surface area contributed by atoms with E-state index in [1.807, 2.05) is 6.92 Å². The van der Waals surface area contributed by atoms with Crippen molar-refractivity contribution in [3.63, 3.8) is 0 Å². The van der Waals surface area contributed by atoms with Gasteiger partial charge in [-0.3, -0.25) is 0 Å². The van der Waals surface area contributed by atoms with Crippen molar-refractivity contribution >= 4 is 39.5 Å². The Morgan fingerprint density at radius 3 is 2.89 bits per heavy atom. The van der Waals surface area contributed by atoms with E-state index in [9.17, 15) is 0 Å². The molecule has 0 unspecified atom stereocenters. The molecule has 1 fully saturated rings. The van der Waals surface area contributed by atoms with Gasteiger partial charge < -0.3 is 4.98 Å². The highest BCUT2D eigenvalue weighted by Crippen LogP contribution is 2.42. The Morgan fingerprint density at radius 2 is 2.28 bits per heavy atom. The summed E-state index contributed by atoms with van der Waals surface area (Å²) in [5.41, 5.74) is 2.26. The molecule has 0 spiro atoms. The molecule has 0 bridgehead atoms. The fourth-order valence-electron chi connectivity index (χ4n) is 1.92. The summed E-state index contributed by atoms with van der Waals surface area (Å²) in [5.74, 6) is 1.54. The second kappa shape index (κ2) is 4.83. The standard InChI is InChI=1S/C12H12BrN3S2/c1-6-14-8(5-18-6)4-9-15-11(7-2-3-7)10(13)12(17)16-9/h5,7H,2-4H2,1H3,(H,15,16,17). The van der Waals surface area contributed by atoms with Crippen LogP contribution in [0.5, 0.6) is 0 Å². The number of nitrogens with one attached hydrogen (secondary N) is 1. The van der Waals surface area contributed by atoms with Crippen LogP contribution in [0.15, 0.2) is 9.85 Å². The molecule has 0 radical (unpaired) electrons. The van der Waals surface area contributed by atoms with E-state index < -0.39 is 0 Å². The lowest BCUT2D eigenvalue weighted by atomic mass is 10.2. The highest BCUT2D eigenvalue weighted by atomic mass is 79.9. The molecule has 18 heavy (non-hydrogen) atoms. The van der Waals surface area contributed by atoms with E-state index in [1.165, 1.54) is 18.5 Å². The number of nitrogens with zero attached hydrogens (tertiary/aromatic N) is 2. The van der Waals surface area contributed by atoms with Crippen molar-refractivity contribution in [2.24, 2.45) is 0 Å². The first-order valence-corrected chi connectivity index (χ1v) is 7.91. The summed E-state index contributed by atoms with van der Waals surface area (Å²) in [6.45, 7) is 2.01. The van der Waals surface area contributed by atoms with E-state index in [-0.39, 0.29) is 0 Å². The predicted octanol–water partition coefficient (Wildman–Crippen LogP) is 4.13. The van der Waals surface area contributed by atoms with Crippen molar-refractivity contribution in [2.75, 3.05) is 0 Å². The van der Waals surface area contributed by atoms with Crippen LogP contribution in [0.2, 0.25) is 0 Å². The minimum Gasteiger partial charge on any atom is -0.346 e. The van der Waals surface area contributed by atoms with Gasteiger partial charge in [-0.2, -0.15) is 0 Å². The summed E-state index contributed by atoms with van der Waals surface area (Å²) in [4.78, 5) is 12.3. The van der Waals surface area contributed by atoms with Crippen LogP contribution in [-0.2, 0) is 6.42 Å². The van der Waals surface area contributed by atoms with Crippen LogP contribution in [-0.4, -0.2) is 15.0 Å². The average molecular weight is 342 g/mol. The van der Waals surface area contributed by atoms with Gasteiger partial charge in [0.15, 0.2) is 0 Å². The van der Waals surface area contributed by atoms with E-state index in [0.717, 1.165) is 27.4 Å². The van der Waals surface area contributed by atoms with Crippen molar-refractivity contribution < 1.29 is 0 Å². The van der Waals surface area contributed by atoms with E-state index in [2.05, 4.69) is 36.3 Å². The van der Waals surface area contributed by atoms with Gasteiger partial charge in [0, 0.05) is 23.4 Å². The molecule has 0 atom stereocenters. The van der Waals surface area contributed by atoms with Gasteiger partial charge in [-0.05, 0) is 35.7 Å². The van der Waals surface area contributed by atoms with Crippen LogP contribution in [0, 0.1) is 11.6 Å². The number of aryl methyl sites for hydroxylation is 1. The highest BCUT2D eigenvalue weighted by molar-refractivity contribution is 9.10. The number of H-pyrrole nitrogens is 1. The number of hydrogen-bond donors (Lipinski definition) is 1. The van der Waals surface area contributed by atoms with Crippen LogP contribution in [0.25, 0.3) is 0 Å². The number of thiazole rings is 1. The van der Waals surface area contributed by atoms with Gasteiger partial charge >= 0.3 is 0 Å². The highest BCUT2D eigenvalue weighted by Gasteiger charge is 2.27. The van der Waals surface area contributed by atoms with Gasteiger partial charge in [-0.1, -0.05) is 12.2 Å². The quantitative estimate of drug-likeness (QED) is 0.853. The normalized spacial score (nSPS) is 15.0. The zero-order chi connectivity index (χ0) is 12.7. The van der Waals surface area contributed by atoms with Gasteiger partial charge in [0.2, 0.25) is 0 Å². The molecule has 0 aromatic carbocycles. The monoisotopic (exact) mass is 341 g/mol. The van der Waals surface area contributed by atoms with Crippen molar-refractivity contribution in [1.29, 1.82) is 0 Å². The topological polar surface area (TPSA) is 41.6 Å². The molecule has 0 aliphatic heterocycles. The molecular formula is C12H12BrN3S2. The third kappa shape index (κ3) is 2.55. The Morgan fingerprint density at radius 1 is 1.50 bits per heavy atom. The average Bonchev–Trinajstić information content (AvgIpc) is 3.08. The molecule has 1 saturated carbocycles. The first-order chi connectivity index (χ1) is 8.63. The molecule has 2 heterocycles. The lowest BCUT2D eigenvalue weighted by Gasteiger charge is -2.06. The Labute approximate surface area is 123 Å². The molecule has 0 amide bonds. The lowest BCUT2D eigenvalue weighted by molar-refractivity contribution is 0.871. The van der Waals surface area contributed by atoms with Gasteiger partial charge in [0.1, 0.15) is 10.5 Å². The van der Waals surface area contributed by atoms with Crippen LogP contribution in [0.3, 0.4) is 0 Å². The Bertz CT molecular complexity index is 643. The maximum absolute atomic E-state index is 5.30. The molecule has 3 nitrogen and oxygen atoms in total. The zero-order valence-corrected chi connectivity index (χ0v) is 13.1. The molecule has 1 aliphatic rings. The van der Waals surface area contributed by atoms with Crippen LogP contribution in [0.1, 0.15) is 41.0 Å². The van der Waals surface area contributed by atoms with E-state index in [0.29, 0.717) is 10.6 Å². The SMILES string of the molecule is Cc1nc(Cc2nc(=S)c(Br)c(C3CC3)[nH]2)cs1. The fraction of sp³-hybridized carbons (Fsp3) is 0.417. The van der Waals surface area contributed by atoms with E-state index in [4.69, 9.17) is 12.2 Å². The Kier molecular flexibility index (Phi) is 3.34. The lowest BCUT2D eigenvalue weighted by Crippen LogP contribution is -2.02. The number of aromatic amines is 1. The number of hydrogen-bond acceptors (Lipinski definition) is 4. The van der Waals surface area contributed by atoms with Gasteiger partial charge in [-0.25, -0.2) is 9.97 Å². The van der Waals surface area contributed by atoms with Gasteiger partial charge in [0.05, 0.1) is 15.2 Å². The first kappa shape index (κ1) is 12.4. The van der Waals surface area contributed by atoms with Crippen LogP contribution in [0.4, 0.5) is 0 Å². The van der Waals surface area contributed by atoms with Crippen LogP contribution >= 0.6 is 39.5 Å². The number of aromatic nitrogens is 3. The summed E-state index contributed by atoms with van der Waals surface area (Å²) in [5, 5.41) is 3.16. The van der Waals surface area contributed by atoms with Crippen molar-refractivity contribution in [1.82, 2.24) is 15.0 Å². The smallest absolute Gasteiger partial charge is 0.144 e. The molecule has 1 N–H and O–H groups in total. The Hall–Kier alpha value is -0.590. The summed E-state index contributed by atoms with van der Waals surface area (Å²) < 4.78 is 1.61. The fourth-order valence-corrected chi connectivity index (χ4v) is 3.27. The molecule has 94 valence electrons. The summed E-state index contributed by atoms with van der Waals surface area (Å²) in [6, 6.07) is 0. The molecule has 6 heteroatoms. The molecule has 2 aromatic heterocycles. The maximum Gasteiger partial charge on any atom is 0.144 e. The molecule has 0 saturated heterocycles. The maximum atomic E-state index is 5.30. The minimum absolute atomic E-state index is 0.625. The van der Waals surface area contributed by atoms with Crippen molar-refractivity contribution in [3.05, 3.63) is 36.7 Å². The summed E-state index contributed by atoms with van der Waals surface area (Å²) in [7, 11) is 0. The second-order valence-electron chi connectivity index (χ2n) is 4.53. The Balaban J connectivity index is 1.94. The third-order valence-electron chi connectivity index (χ3n) is 2.94. The second-order valence-corrected chi connectivity index (χ2v) is 6.77. The summed E-state index contributed by atoms with van der Waals surface area (Å²) >= 11 is 10.5. The molecule has 2 aromatic rings. The van der Waals surface area contributed by atoms with E-state index >= 15 is 0 Å². The van der Waals surface area contributed by atoms with Crippen molar-refractivity contribution in [3.8, 4) is 0 Å². The number of halogens is 1. The predicted molar refractivity (Wildman–Crippen MR) is 78.8 cm³/mol. The number of rotatable bonds is 3. The zero-order valence-electron chi connectivity index (χ0n) is 9.86. The minimum atomic E-state index is 0.625.